The minimum Gasteiger partial charge on any atom is -0.292 e. The third-order valence-corrected chi connectivity index (χ3v) is 3.46. The molecule has 0 heterocycles. The van der Waals surface area contributed by atoms with E-state index in [9.17, 15) is 4.79 Å². The molecule has 0 aliphatic rings. The molecule has 0 spiro atoms. The van der Waals surface area contributed by atoms with E-state index in [0.29, 0.717) is 5.56 Å². The Labute approximate surface area is 98.6 Å². The molecule has 1 unspecified atom stereocenters. The summed E-state index contributed by atoms with van der Waals surface area (Å²) in [6.07, 6.45) is 1.95. The molecule has 1 aromatic rings. The molecule has 0 aliphatic carbocycles. The van der Waals surface area contributed by atoms with E-state index in [-0.39, 0.29) is 5.78 Å². The summed E-state index contributed by atoms with van der Waals surface area (Å²) in [5.74, 6) is -0.0763. The zero-order chi connectivity index (χ0) is 10.7. The molecule has 0 aliphatic heterocycles. The first-order valence-electron chi connectivity index (χ1n) is 4.12. The molecule has 0 aromatic heterocycles. The minimum atomic E-state index is -0.502. The summed E-state index contributed by atoms with van der Waals surface area (Å²) in [7, 11) is 0. The van der Waals surface area contributed by atoms with Gasteiger partial charge >= 0.3 is 0 Å². The number of alkyl halides is 1. The molecular formula is C10H11ClOS2. The van der Waals surface area contributed by atoms with Gasteiger partial charge in [-0.1, -0.05) is 12.1 Å². The molecule has 1 rings (SSSR count). The van der Waals surface area contributed by atoms with E-state index < -0.39 is 5.38 Å². The van der Waals surface area contributed by atoms with Gasteiger partial charge in [-0.2, -0.15) is 0 Å². The van der Waals surface area contributed by atoms with Gasteiger partial charge in [-0.05, 0) is 19.2 Å². The largest absolute Gasteiger partial charge is 0.292 e. The number of Topliss-reactive ketones (excluding diaryl/α,β-unsaturated/α-hetero) is 1. The topological polar surface area (TPSA) is 17.1 Å². The molecule has 0 radical (unpaired) electrons. The number of halogens is 1. The predicted molar refractivity (Wildman–Crippen MR) is 65.1 cm³/mol. The monoisotopic (exact) mass is 246 g/mol. The van der Waals surface area contributed by atoms with Crippen LogP contribution in [0.2, 0.25) is 0 Å². The standard InChI is InChI=1S/C10H11ClOS2/c1-6(11)9(12)7-4-3-5-8(14-2)10(7)13/h3-6,13H,1-2H3. The van der Waals surface area contributed by atoms with Gasteiger partial charge in [-0.3, -0.25) is 4.79 Å². The van der Waals surface area contributed by atoms with Gasteiger partial charge in [-0.15, -0.1) is 36.0 Å². The zero-order valence-electron chi connectivity index (χ0n) is 7.95. The number of benzene rings is 1. The lowest BCUT2D eigenvalue weighted by molar-refractivity contribution is 0.0988. The highest BCUT2D eigenvalue weighted by Crippen LogP contribution is 2.28. The van der Waals surface area contributed by atoms with Gasteiger partial charge in [0.05, 0.1) is 5.38 Å². The second kappa shape index (κ2) is 5.10. The number of hydrogen-bond donors (Lipinski definition) is 1. The van der Waals surface area contributed by atoms with Crippen LogP contribution in [0.5, 0.6) is 0 Å². The quantitative estimate of drug-likeness (QED) is 0.381. The van der Waals surface area contributed by atoms with Crippen molar-refractivity contribution in [2.45, 2.75) is 22.1 Å². The molecule has 76 valence electrons. The molecule has 1 atom stereocenters. The van der Waals surface area contributed by atoms with Crippen LogP contribution < -0.4 is 0 Å². The van der Waals surface area contributed by atoms with Crippen LogP contribution in [0.3, 0.4) is 0 Å². The summed E-state index contributed by atoms with van der Waals surface area (Å²) >= 11 is 11.6. The van der Waals surface area contributed by atoms with E-state index in [4.69, 9.17) is 11.6 Å². The van der Waals surface area contributed by atoms with Gasteiger partial charge in [0.2, 0.25) is 0 Å². The van der Waals surface area contributed by atoms with E-state index in [1.165, 1.54) is 0 Å². The Morgan fingerprint density at radius 2 is 2.21 bits per heavy atom. The Morgan fingerprint density at radius 3 is 2.71 bits per heavy atom. The lowest BCUT2D eigenvalue weighted by Crippen LogP contribution is -2.11. The van der Waals surface area contributed by atoms with Crippen molar-refractivity contribution in [1.82, 2.24) is 0 Å². The average molecular weight is 247 g/mol. The van der Waals surface area contributed by atoms with Crippen molar-refractivity contribution in [3.05, 3.63) is 23.8 Å². The van der Waals surface area contributed by atoms with E-state index in [1.54, 1.807) is 24.8 Å². The Balaban J connectivity index is 3.16. The summed E-state index contributed by atoms with van der Waals surface area (Å²) in [5.41, 5.74) is 0.600. The van der Waals surface area contributed by atoms with E-state index in [1.807, 2.05) is 18.4 Å². The lowest BCUT2D eigenvalue weighted by atomic mass is 10.1. The predicted octanol–water partition coefficient (Wildman–Crippen LogP) is 3.51. The first-order chi connectivity index (χ1) is 6.57. The van der Waals surface area contributed by atoms with Crippen molar-refractivity contribution >= 4 is 41.8 Å². The third-order valence-electron chi connectivity index (χ3n) is 1.85. The highest BCUT2D eigenvalue weighted by atomic mass is 35.5. The van der Waals surface area contributed by atoms with E-state index >= 15 is 0 Å². The van der Waals surface area contributed by atoms with Crippen molar-refractivity contribution in [1.29, 1.82) is 0 Å². The second-order valence-electron chi connectivity index (χ2n) is 2.84. The molecular weight excluding hydrogens is 236 g/mol. The maximum absolute atomic E-state index is 11.6. The highest BCUT2D eigenvalue weighted by molar-refractivity contribution is 7.99. The Bertz CT molecular complexity index is 350. The summed E-state index contributed by atoms with van der Waals surface area (Å²) in [5, 5.41) is -0.502. The van der Waals surface area contributed by atoms with Gasteiger partial charge in [0.1, 0.15) is 0 Å². The molecule has 4 heteroatoms. The van der Waals surface area contributed by atoms with Crippen molar-refractivity contribution in [2.75, 3.05) is 6.26 Å². The maximum atomic E-state index is 11.6. The number of carbonyl (C=O) groups excluding carboxylic acids is 1. The molecule has 0 fully saturated rings. The van der Waals surface area contributed by atoms with E-state index in [0.717, 1.165) is 9.79 Å². The number of thiol groups is 1. The molecule has 14 heavy (non-hydrogen) atoms. The molecule has 0 amide bonds. The van der Waals surface area contributed by atoms with Crippen LogP contribution >= 0.6 is 36.0 Å². The third kappa shape index (κ3) is 2.47. The van der Waals surface area contributed by atoms with Crippen LogP contribution in [0.25, 0.3) is 0 Å². The SMILES string of the molecule is CSc1cccc(C(=O)C(C)Cl)c1S. The van der Waals surface area contributed by atoms with Crippen LogP contribution in [0.4, 0.5) is 0 Å². The van der Waals surface area contributed by atoms with Gasteiger partial charge in [0.15, 0.2) is 5.78 Å². The fourth-order valence-corrected chi connectivity index (χ4v) is 2.27. The fourth-order valence-electron chi connectivity index (χ4n) is 1.10. The highest BCUT2D eigenvalue weighted by Gasteiger charge is 2.16. The molecule has 1 nitrogen and oxygen atoms in total. The van der Waals surface area contributed by atoms with E-state index in [2.05, 4.69) is 12.6 Å². The van der Waals surface area contributed by atoms with Crippen LogP contribution in [0.1, 0.15) is 17.3 Å². The van der Waals surface area contributed by atoms with Crippen LogP contribution in [-0.4, -0.2) is 17.4 Å². The minimum absolute atomic E-state index is 0.0763. The number of thioether (sulfide) groups is 1. The van der Waals surface area contributed by atoms with Crippen LogP contribution in [0, 0.1) is 0 Å². The first kappa shape index (κ1) is 12.0. The molecule has 0 N–H and O–H groups in total. The summed E-state index contributed by atoms with van der Waals surface area (Å²) in [4.78, 5) is 13.4. The number of hydrogen-bond acceptors (Lipinski definition) is 3. The van der Waals surface area contributed by atoms with Crippen molar-refractivity contribution in [3.63, 3.8) is 0 Å². The summed E-state index contributed by atoms with van der Waals surface area (Å²) in [6, 6.07) is 5.53. The number of ketones is 1. The zero-order valence-corrected chi connectivity index (χ0v) is 10.4. The van der Waals surface area contributed by atoms with Gasteiger partial charge in [-0.25, -0.2) is 0 Å². The van der Waals surface area contributed by atoms with Crippen LogP contribution in [-0.2, 0) is 0 Å². The molecule has 0 bridgehead atoms. The van der Waals surface area contributed by atoms with Crippen LogP contribution in [0.15, 0.2) is 28.0 Å². The lowest BCUT2D eigenvalue weighted by Gasteiger charge is -2.08. The Kier molecular flexibility index (Phi) is 4.35. The van der Waals surface area contributed by atoms with Crippen molar-refractivity contribution in [3.8, 4) is 0 Å². The molecule has 1 aromatic carbocycles. The summed E-state index contributed by atoms with van der Waals surface area (Å²) < 4.78 is 0. The number of carbonyl (C=O) groups is 1. The second-order valence-corrected chi connectivity index (χ2v) is 4.79. The smallest absolute Gasteiger partial charge is 0.181 e. The summed E-state index contributed by atoms with van der Waals surface area (Å²) in [6.45, 7) is 1.67. The number of rotatable bonds is 3. The molecule has 0 saturated carbocycles. The normalized spacial score (nSPS) is 12.6. The Morgan fingerprint density at radius 1 is 1.57 bits per heavy atom. The average Bonchev–Trinajstić information content (AvgIpc) is 2.17. The molecule has 0 saturated heterocycles. The first-order valence-corrected chi connectivity index (χ1v) is 6.23. The van der Waals surface area contributed by atoms with Gasteiger partial charge in [0, 0.05) is 15.4 Å². The van der Waals surface area contributed by atoms with Gasteiger partial charge in [0.25, 0.3) is 0 Å². The van der Waals surface area contributed by atoms with Crippen molar-refractivity contribution in [2.24, 2.45) is 0 Å². The van der Waals surface area contributed by atoms with Crippen molar-refractivity contribution < 1.29 is 4.79 Å². The van der Waals surface area contributed by atoms with Gasteiger partial charge < -0.3 is 0 Å². The maximum Gasteiger partial charge on any atom is 0.181 e. The fraction of sp³-hybridized carbons (Fsp3) is 0.300. The Hall–Kier alpha value is -0.120.